The van der Waals surface area contributed by atoms with Crippen molar-refractivity contribution in [3.63, 3.8) is 0 Å². The van der Waals surface area contributed by atoms with Crippen molar-refractivity contribution in [3.8, 4) is 23.0 Å². The second kappa shape index (κ2) is 13.9. The van der Waals surface area contributed by atoms with Gasteiger partial charge >= 0.3 is 0 Å². The highest BCUT2D eigenvalue weighted by Gasteiger charge is 2.56. The van der Waals surface area contributed by atoms with E-state index in [1.54, 1.807) is 18.2 Å². The van der Waals surface area contributed by atoms with E-state index < -0.39 is 28.9 Å². The molecule has 1 aromatic heterocycles. The molecule has 14 heteroatoms. The van der Waals surface area contributed by atoms with Gasteiger partial charge in [-0.15, -0.1) is 5.48 Å². The highest BCUT2D eigenvalue weighted by atomic mass is 32.1. The average Bonchev–Trinajstić information content (AvgIpc) is 3.84. The Labute approximate surface area is 257 Å². The van der Waals surface area contributed by atoms with Crippen molar-refractivity contribution in [2.24, 2.45) is 5.41 Å². The number of thiol groups is 1. The zero-order valence-corrected chi connectivity index (χ0v) is 24.5. The maximum Gasteiger partial charge on any atom is 0.240 e. The summed E-state index contributed by atoms with van der Waals surface area (Å²) in [5.74, 6) is -0.696. The molecule has 2 amide bonds. The lowest BCUT2D eigenvalue weighted by atomic mass is 10.0. The fourth-order valence-corrected chi connectivity index (χ4v) is 4.44. The number of pyridine rings is 1. The molecule has 0 unspecified atom stereocenters. The van der Waals surface area contributed by atoms with Gasteiger partial charge in [0, 0.05) is 47.6 Å². The third kappa shape index (κ3) is 7.17. The third-order valence-electron chi connectivity index (χ3n) is 6.86. The molecule has 44 heavy (non-hydrogen) atoms. The first-order valence-electron chi connectivity index (χ1n) is 13.6. The zero-order chi connectivity index (χ0) is 31.1. The summed E-state index contributed by atoms with van der Waals surface area (Å²) in [5.41, 5.74) is 2.55. The fourth-order valence-electron chi connectivity index (χ4n) is 4.33. The number of carbonyl (C=O) groups excluding carboxylic acids is 2. The monoisotopic (exact) mass is 624 g/mol. The zero-order valence-electron chi connectivity index (χ0n) is 23.6. The fraction of sp³-hybridized carbons (Fsp3) is 0.233. The molecule has 1 heterocycles. The summed E-state index contributed by atoms with van der Waals surface area (Å²) in [4.78, 5) is 35.8. The third-order valence-corrected chi connectivity index (χ3v) is 7.08. The van der Waals surface area contributed by atoms with E-state index in [4.69, 9.17) is 14.3 Å². The number of aromatic nitrogens is 1. The van der Waals surface area contributed by atoms with E-state index in [1.165, 1.54) is 49.7 Å². The van der Waals surface area contributed by atoms with E-state index >= 15 is 4.39 Å². The van der Waals surface area contributed by atoms with Gasteiger partial charge < -0.3 is 24.9 Å². The molecule has 4 aromatic rings. The van der Waals surface area contributed by atoms with Gasteiger partial charge in [-0.05, 0) is 61.4 Å². The normalized spacial score (nSPS) is 13.3. The minimum Gasteiger partial charge on any atom is -0.493 e. The summed E-state index contributed by atoms with van der Waals surface area (Å²) in [7, 11) is 1.49. The predicted octanol–water partition coefficient (Wildman–Crippen LogP) is 4.54. The highest BCUT2D eigenvalue weighted by molar-refractivity contribution is 7.80. The van der Waals surface area contributed by atoms with Gasteiger partial charge in [0.2, 0.25) is 11.8 Å². The Bertz CT molecular complexity index is 1660. The number of hydrogen-bond donors (Lipinski definition) is 6. The van der Waals surface area contributed by atoms with E-state index in [2.05, 4.69) is 44.4 Å². The molecule has 5 N–H and O–H groups in total. The van der Waals surface area contributed by atoms with Crippen LogP contribution in [-0.2, 0) is 9.59 Å². The molecule has 0 aliphatic heterocycles. The highest BCUT2D eigenvalue weighted by Crippen LogP contribution is 2.47. The number of ether oxygens (including phenoxy) is 2. The number of benzene rings is 3. The summed E-state index contributed by atoms with van der Waals surface area (Å²) >= 11 is 4.06. The Morgan fingerprint density at radius 3 is 2.27 bits per heavy atom. The SMILES string of the molecule is COc1cc2c(Oc3ccc(NC(=O)C4(C(=O)Nc5ccc(F)cc5)CC4)cc3F)ccnc2cc1ONCNCNCS. The Balaban J connectivity index is 1.25. The number of methoxy groups -OCH3 is 1. The van der Waals surface area contributed by atoms with Crippen LogP contribution in [0.1, 0.15) is 12.8 Å². The standard InChI is InChI=1S/C30H30F2N6O5S/c1-41-26-13-21-23(14-27(26)43-36-16-33-15-34-17-44)35-11-8-24(21)42-25-7-6-20(12-22(25)32)38-29(40)30(9-10-30)28(39)37-19-4-2-18(31)3-5-19/h2-8,11-14,33-34,36,44H,9-10,15-17H2,1H3,(H,37,39)(H,38,40). The first kappa shape index (κ1) is 30.9. The minimum atomic E-state index is -1.28. The largest absolute Gasteiger partial charge is 0.493 e. The van der Waals surface area contributed by atoms with Gasteiger partial charge in [0.15, 0.2) is 23.1 Å². The summed E-state index contributed by atoms with van der Waals surface area (Å²) in [6, 6.07) is 14.1. The number of rotatable bonds is 14. The molecule has 3 aromatic carbocycles. The minimum absolute atomic E-state index is 0.0902. The number of halogens is 2. The Kier molecular flexibility index (Phi) is 9.75. The van der Waals surface area contributed by atoms with Gasteiger partial charge in [-0.1, -0.05) is 0 Å². The summed E-state index contributed by atoms with van der Waals surface area (Å²) in [6.45, 7) is 0.885. The molecule has 0 spiro atoms. The molecule has 11 nitrogen and oxygen atoms in total. The lowest BCUT2D eigenvalue weighted by Crippen LogP contribution is -2.37. The lowest BCUT2D eigenvalue weighted by Gasteiger charge is -2.16. The first-order chi connectivity index (χ1) is 21.3. The number of carbonyl (C=O) groups is 2. The van der Waals surface area contributed by atoms with E-state index in [-0.39, 0.29) is 11.4 Å². The van der Waals surface area contributed by atoms with E-state index in [0.29, 0.717) is 65.9 Å². The van der Waals surface area contributed by atoms with Crippen molar-refractivity contribution in [2.45, 2.75) is 12.8 Å². The van der Waals surface area contributed by atoms with E-state index in [0.717, 1.165) is 6.07 Å². The molecule has 0 atom stereocenters. The number of fused-ring (bicyclic) bond motifs is 1. The molecule has 0 saturated heterocycles. The second-order valence-corrected chi connectivity index (χ2v) is 10.1. The summed E-state index contributed by atoms with van der Waals surface area (Å²) in [6.07, 6.45) is 2.19. The van der Waals surface area contributed by atoms with Crippen LogP contribution in [0.2, 0.25) is 0 Å². The smallest absolute Gasteiger partial charge is 0.240 e. The van der Waals surface area contributed by atoms with Crippen LogP contribution in [0.3, 0.4) is 0 Å². The topological polar surface area (TPSA) is 135 Å². The van der Waals surface area contributed by atoms with Crippen LogP contribution in [0.4, 0.5) is 20.2 Å². The molecule has 1 aliphatic rings. The maximum atomic E-state index is 15.2. The van der Waals surface area contributed by atoms with Gasteiger partial charge in [0.1, 0.15) is 17.0 Å². The molecule has 1 aliphatic carbocycles. The van der Waals surface area contributed by atoms with Crippen molar-refractivity contribution in [2.75, 3.05) is 37.0 Å². The van der Waals surface area contributed by atoms with E-state index in [9.17, 15) is 14.0 Å². The Morgan fingerprint density at radius 2 is 1.59 bits per heavy atom. The summed E-state index contributed by atoms with van der Waals surface area (Å²) in [5, 5.41) is 11.9. The predicted molar refractivity (Wildman–Crippen MR) is 164 cm³/mol. The van der Waals surface area contributed by atoms with Crippen LogP contribution in [-0.4, -0.2) is 43.1 Å². The van der Waals surface area contributed by atoms with Crippen LogP contribution in [0.25, 0.3) is 10.9 Å². The number of hydroxylamine groups is 1. The van der Waals surface area contributed by atoms with Crippen molar-refractivity contribution in [1.82, 2.24) is 21.1 Å². The molecule has 0 bridgehead atoms. The molecular weight excluding hydrogens is 594 g/mol. The second-order valence-electron chi connectivity index (χ2n) is 9.83. The van der Waals surface area contributed by atoms with Crippen LogP contribution < -0.4 is 41.1 Å². The molecule has 1 fully saturated rings. The van der Waals surface area contributed by atoms with Crippen LogP contribution in [0.15, 0.2) is 66.9 Å². The Morgan fingerprint density at radius 1 is 0.864 bits per heavy atom. The number of anilines is 2. The summed E-state index contributed by atoms with van der Waals surface area (Å²) < 4.78 is 39.7. The Hall–Kier alpha value is -4.50. The molecule has 230 valence electrons. The van der Waals surface area contributed by atoms with Crippen LogP contribution in [0, 0.1) is 17.0 Å². The van der Waals surface area contributed by atoms with Gasteiger partial charge in [-0.25, -0.2) is 8.78 Å². The number of hydrogen-bond acceptors (Lipinski definition) is 10. The van der Waals surface area contributed by atoms with Crippen molar-refractivity contribution in [3.05, 3.63) is 78.5 Å². The van der Waals surface area contributed by atoms with Crippen LogP contribution >= 0.6 is 12.6 Å². The quantitative estimate of drug-likeness (QED) is 0.0393. The molecule has 1 saturated carbocycles. The number of nitrogens with one attached hydrogen (secondary N) is 5. The molecular formula is C30H30F2N6O5S. The lowest BCUT2D eigenvalue weighted by molar-refractivity contribution is -0.131. The number of nitrogens with zero attached hydrogens (tertiary/aromatic N) is 1. The van der Waals surface area contributed by atoms with Crippen molar-refractivity contribution < 1.29 is 32.7 Å². The van der Waals surface area contributed by atoms with Crippen molar-refractivity contribution in [1.29, 1.82) is 0 Å². The first-order valence-corrected chi connectivity index (χ1v) is 14.2. The van der Waals surface area contributed by atoms with Gasteiger partial charge in [0.25, 0.3) is 0 Å². The number of amides is 2. The maximum absolute atomic E-state index is 15.2. The van der Waals surface area contributed by atoms with Crippen LogP contribution in [0.5, 0.6) is 23.0 Å². The van der Waals surface area contributed by atoms with Gasteiger partial charge in [-0.2, -0.15) is 12.6 Å². The van der Waals surface area contributed by atoms with Gasteiger partial charge in [-0.3, -0.25) is 25.2 Å². The average molecular weight is 625 g/mol. The molecule has 0 radical (unpaired) electrons. The van der Waals surface area contributed by atoms with Gasteiger partial charge in [0.05, 0.1) is 19.3 Å². The van der Waals surface area contributed by atoms with Crippen molar-refractivity contribution >= 4 is 46.7 Å². The van der Waals surface area contributed by atoms with E-state index in [1.807, 2.05) is 0 Å². The molecule has 5 rings (SSSR count).